The van der Waals surface area contributed by atoms with Crippen LogP contribution in [0.15, 0.2) is 23.7 Å². The molecule has 1 aromatic rings. The second kappa shape index (κ2) is 4.70. The van der Waals surface area contributed by atoms with E-state index >= 15 is 0 Å². The van der Waals surface area contributed by atoms with Crippen LogP contribution in [0.3, 0.4) is 0 Å². The summed E-state index contributed by atoms with van der Waals surface area (Å²) in [6.07, 6.45) is 1.27. The minimum absolute atomic E-state index is 0.634. The van der Waals surface area contributed by atoms with Crippen LogP contribution < -0.4 is 4.90 Å². The molecule has 3 heteroatoms. The van der Waals surface area contributed by atoms with Crippen LogP contribution in [0.4, 0.5) is 5.69 Å². The topological polar surface area (TPSA) is 28.5 Å². The van der Waals surface area contributed by atoms with Gasteiger partial charge in [0.1, 0.15) is 0 Å². The second-order valence-corrected chi connectivity index (χ2v) is 4.75. The van der Waals surface area contributed by atoms with Gasteiger partial charge in [0.25, 0.3) is 0 Å². The van der Waals surface area contributed by atoms with Crippen LogP contribution in [0.2, 0.25) is 0 Å². The maximum absolute atomic E-state index is 4.54. The predicted octanol–water partition coefficient (Wildman–Crippen LogP) is 2.91. The highest BCUT2D eigenvalue weighted by Crippen LogP contribution is 2.26. The van der Waals surface area contributed by atoms with Gasteiger partial charge < -0.3 is 4.90 Å². The van der Waals surface area contributed by atoms with E-state index in [1.165, 1.54) is 12.1 Å². The highest BCUT2D eigenvalue weighted by atomic mass is 15.2. The van der Waals surface area contributed by atoms with Crippen molar-refractivity contribution in [2.75, 3.05) is 18.0 Å². The average Bonchev–Trinajstić information content (AvgIpc) is 2.74. The maximum Gasteiger partial charge on any atom is 0.0884 e. The van der Waals surface area contributed by atoms with Crippen LogP contribution in [0.1, 0.15) is 24.7 Å². The summed E-state index contributed by atoms with van der Waals surface area (Å²) >= 11 is 0. The Labute approximate surface area is 103 Å². The molecule has 90 valence electrons. The number of hydrogen-bond donors (Lipinski definition) is 0. The fourth-order valence-corrected chi connectivity index (χ4v) is 2.28. The normalized spacial score (nSPS) is 19.4. The fraction of sp³-hybridized carbons (Fsp3) is 0.429. The van der Waals surface area contributed by atoms with Gasteiger partial charge in [-0.2, -0.15) is 0 Å². The lowest BCUT2D eigenvalue weighted by atomic mass is 10.2. The van der Waals surface area contributed by atoms with Gasteiger partial charge >= 0.3 is 0 Å². The van der Waals surface area contributed by atoms with Crippen molar-refractivity contribution in [1.82, 2.24) is 4.98 Å². The number of rotatable bonds is 3. The zero-order valence-electron chi connectivity index (χ0n) is 10.6. The molecular weight excluding hydrogens is 210 g/mol. The molecule has 1 saturated heterocycles. The van der Waals surface area contributed by atoms with Gasteiger partial charge in [0.05, 0.1) is 22.8 Å². The summed E-state index contributed by atoms with van der Waals surface area (Å²) in [5.41, 5.74) is 3.72. The van der Waals surface area contributed by atoms with Gasteiger partial charge in [0, 0.05) is 13.1 Å². The molecule has 0 N–H and O–H groups in total. The van der Waals surface area contributed by atoms with Gasteiger partial charge in [0.2, 0.25) is 0 Å². The highest BCUT2D eigenvalue weighted by Gasteiger charge is 2.20. The molecule has 0 unspecified atom stereocenters. The summed E-state index contributed by atoms with van der Waals surface area (Å²) in [4.78, 5) is 10.8. The lowest BCUT2D eigenvalue weighted by molar-refractivity contribution is 0.659. The third-order valence-corrected chi connectivity index (χ3v) is 3.31. The number of aryl methyl sites for hydroxylation is 1. The fourth-order valence-electron chi connectivity index (χ4n) is 2.28. The molecule has 0 saturated carbocycles. The lowest BCUT2D eigenvalue weighted by Crippen LogP contribution is -2.20. The number of pyridine rings is 1. The molecule has 1 fully saturated rings. The van der Waals surface area contributed by atoms with E-state index in [0.717, 1.165) is 30.4 Å². The first kappa shape index (κ1) is 11.8. The summed E-state index contributed by atoms with van der Waals surface area (Å²) in [5, 5.41) is 0. The summed E-state index contributed by atoms with van der Waals surface area (Å²) in [6, 6.07) is 4.09. The Balaban J connectivity index is 2.25. The molecule has 0 bridgehead atoms. The molecule has 1 aliphatic heterocycles. The van der Waals surface area contributed by atoms with E-state index in [-0.39, 0.29) is 0 Å². The minimum Gasteiger partial charge on any atom is -0.370 e. The van der Waals surface area contributed by atoms with E-state index in [1.807, 2.05) is 13.0 Å². The van der Waals surface area contributed by atoms with Crippen molar-refractivity contribution < 1.29 is 0 Å². The van der Waals surface area contributed by atoms with Crippen molar-refractivity contribution in [2.45, 2.75) is 20.3 Å². The van der Waals surface area contributed by atoms with Gasteiger partial charge in [-0.15, -0.1) is 0 Å². The van der Waals surface area contributed by atoms with Crippen molar-refractivity contribution in [3.8, 4) is 0 Å². The molecule has 0 aromatic carbocycles. The molecule has 0 aliphatic carbocycles. The SMILES string of the molecule is C=NC(=C)c1ccc(N2CC[C@H](C)C2)c(C)n1. The van der Waals surface area contributed by atoms with Gasteiger partial charge in [0.15, 0.2) is 0 Å². The van der Waals surface area contributed by atoms with Crippen LogP contribution in [-0.4, -0.2) is 24.8 Å². The van der Waals surface area contributed by atoms with Gasteiger partial charge in [-0.1, -0.05) is 13.5 Å². The first-order valence-corrected chi connectivity index (χ1v) is 6.00. The molecule has 3 nitrogen and oxygen atoms in total. The van der Waals surface area contributed by atoms with Crippen molar-refractivity contribution in [2.24, 2.45) is 10.9 Å². The van der Waals surface area contributed by atoms with E-state index < -0.39 is 0 Å². The van der Waals surface area contributed by atoms with Crippen molar-refractivity contribution in [1.29, 1.82) is 0 Å². The Bertz CT molecular complexity index is 451. The molecule has 2 heterocycles. The Hall–Kier alpha value is -1.64. The summed E-state index contributed by atoms with van der Waals surface area (Å²) in [5.74, 6) is 0.777. The smallest absolute Gasteiger partial charge is 0.0884 e. The quantitative estimate of drug-likeness (QED) is 0.746. The molecule has 2 rings (SSSR count). The largest absolute Gasteiger partial charge is 0.370 e. The minimum atomic E-state index is 0.634. The molecule has 1 atom stereocenters. The summed E-state index contributed by atoms with van der Waals surface area (Å²) in [6.45, 7) is 13.9. The van der Waals surface area contributed by atoms with E-state index in [1.54, 1.807) is 0 Å². The van der Waals surface area contributed by atoms with Crippen LogP contribution in [0.5, 0.6) is 0 Å². The molecule has 1 aliphatic rings. The Kier molecular flexibility index (Phi) is 3.27. The number of anilines is 1. The monoisotopic (exact) mass is 229 g/mol. The van der Waals surface area contributed by atoms with E-state index in [4.69, 9.17) is 0 Å². The number of aromatic nitrogens is 1. The molecule has 0 radical (unpaired) electrons. The molecule has 1 aromatic heterocycles. The van der Waals surface area contributed by atoms with Crippen LogP contribution in [-0.2, 0) is 0 Å². The molecule has 0 amide bonds. The first-order chi connectivity index (χ1) is 8.11. The summed E-state index contributed by atoms with van der Waals surface area (Å²) < 4.78 is 0. The van der Waals surface area contributed by atoms with Gasteiger partial charge in [-0.3, -0.25) is 4.99 Å². The molecule has 17 heavy (non-hydrogen) atoms. The zero-order chi connectivity index (χ0) is 12.4. The van der Waals surface area contributed by atoms with Crippen molar-refractivity contribution in [3.05, 3.63) is 30.1 Å². The third kappa shape index (κ3) is 2.38. The predicted molar refractivity (Wildman–Crippen MR) is 73.6 cm³/mol. The lowest BCUT2D eigenvalue weighted by Gasteiger charge is -2.20. The van der Waals surface area contributed by atoms with E-state index in [9.17, 15) is 0 Å². The molecular formula is C14H19N3. The number of hydrogen-bond acceptors (Lipinski definition) is 3. The van der Waals surface area contributed by atoms with E-state index in [0.29, 0.717) is 5.70 Å². The maximum atomic E-state index is 4.54. The highest BCUT2D eigenvalue weighted by molar-refractivity contribution is 5.65. The van der Waals surface area contributed by atoms with Crippen LogP contribution >= 0.6 is 0 Å². The number of nitrogens with zero attached hydrogens (tertiary/aromatic N) is 3. The van der Waals surface area contributed by atoms with Gasteiger partial charge in [-0.05, 0) is 38.1 Å². The van der Waals surface area contributed by atoms with Crippen LogP contribution in [0.25, 0.3) is 5.70 Å². The Morgan fingerprint density at radius 1 is 1.53 bits per heavy atom. The van der Waals surface area contributed by atoms with Crippen molar-refractivity contribution >= 4 is 18.1 Å². The Morgan fingerprint density at radius 3 is 2.82 bits per heavy atom. The van der Waals surface area contributed by atoms with Crippen molar-refractivity contribution in [3.63, 3.8) is 0 Å². The zero-order valence-corrected chi connectivity index (χ0v) is 10.6. The third-order valence-electron chi connectivity index (χ3n) is 3.31. The van der Waals surface area contributed by atoms with Crippen LogP contribution in [0, 0.1) is 12.8 Å². The second-order valence-electron chi connectivity index (χ2n) is 4.75. The first-order valence-electron chi connectivity index (χ1n) is 6.00. The van der Waals surface area contributed by atoms with E-state index in [2.05, 4.69) is 41.2 Å². The average molecular weight is 229 g/mol. The Morgan fingerprint density at radius 2 is 2.29 bits per heavy atom. The number of aliphatic imine (C=N–C) groups is 1. The van der Waals surface area contributed by atoms with Gasteiger partial charge in [-0.25, -0.2) is 4.98 Å². The standard InChI is InChI=1S/C14H19N3/c1-10-7-8-17(9-10)14-6-5-13(11(2)15-4)16-12(14)3/h5-6,10H,2,4,7-9H2,1,3H3/t10-/m0/s1. The molecule has 0 spiro atoms. The summed E-state index contributed by atoms with van der Waals surface area (Å²) in [7, 11) is 0.